The van der Waals surface area contributed by atoms with Gasteiger partial charge < -0.3 is 24.6 Å². The van der Waals surface area contributed by atoms with Crippen molar-refractivity contribution in [3.63, 3.8) is 0 Å². The summed E-state index contributed by atoms with van der Waals surface area (Å²) in [7, 11) is 3.06. The fraction of sp³-hybridized carbons (Fsp3) is 0.526. The molecule has 1 saturated heterocycles. The van der Waals surface area contributed by atoms with E-state index in [9.17, 15) is 14.4 Å². The van der Waals surface area contributed by atoms with Crippen LogP contribution in [0.1, 0.15) is 24.3 Å². The Kier molecular flexibility index (Phi) is 5.95. The van der Waals surface area contributed by atoms with Gasteiger partial charge in [0, 0.05) is 45.4 Å². The van der Waals surface area contributed by atoms with E-state index in [0.29, 0.717) is 44.0 Å². The van der Waals surface area contributed by atoms with Gasteiger partial charge in [0.05, 0.1) is 13.0 Å². The third kappa shape index (κ3) is 4.21. The van der Waals surface area contributed by atoms with Crippen LogP contribution in [0.4, 0.5) is 5.69 Å². The second-order valence-corrected chi connectivity index (χ2v) is 6.75. The highest BCUT2D eigenvalue weighted by molar-refractivity contribution is 6.01. The maximum atomic E-state index is 13.2. The Hall–Kier alpha value is -2.61. The van der Waals surface area contributed by atoms with Crippen LogP contribution in [0, 0.1) is 0 Å². The molecule has 3 amide bonds. The average molecular weight is 375 g/mol. The number of amides is 3. The minimum absolute atomic E-state index is 0.0455. The molecule has 0 spiro atoms. The summed E-state index contributed by atoms with van der Waals surface area (Å²) in [6.45, 7) is 2.13. The summed E-state index contributed by atoms with van der Waals surface area (Å²) in [5.74, 6) is -0.211. The zero-order valence-corrected chi connectivity index (χ0v) is 15.7. The molecule has 1 aromatic carbocycles. The van der Waals surface area contributed by atoms with E-state index in [2.05, 4.69) is 5.32 Å². The van der Waals surface area contributed by atoms with Gasteiger partial charge in [0.1, 0.15) is 12.4 Å². The van der Waals surface area contributed by atoms with E-state index in [1.165, 1.54) is 7.11 Å². The van der Waals surface area contributed by atoms with Crippen LogP contribution in [0.3, 0.4) is 0 Å². The molecular weight excluding hydrogens is 350 g/mol. The molecule has 1 aromatic rings. The van der Waals surface area contributed by atoms with Crippen molar-refractivity contribution in [3.8, 4) is 5.75 Å². The quantitative estimate of drug-likeness (QED) is 0.842. The van der Waals surface area contributed by atoms with Gasteiger partial charge in [-0.2, -0.15) is 0 Å². The highest BCUT2D eigenvalue weighted by atomic mass is 16.5. The van der Waals surface area contributed by atoms with Crippen LogP contribution in [0.5, 0.6) is 5.75 Å². The van der Waals surface area contributed by atoms with Crippen LogP contribution in [0.25, 0.3) is 0 Å². The molecule has 1 atom stereocenters. The number of anilines is 1. The first-order valence-electron chi connectivity index (χ1n) is 9.06. The van der Waals surface area contributed by atoms with E-state index >= 15 is 0 Å². The normalized spacial score (nSPS) is 19.8. The smallest absolute Gasteiger partial charge is 0.248 e. The zero-order chi connectivity index (χ0) is 19.4. The van der Waals surface area contributed by atoms with Crippen molar-refractivity contribution >= 4 is 23.4 Å². The Balaban J connectivity index is 1.76. The summed E-state index contributed by atoms with van der Waals surface area (Å²) in [6, 6.07) is 5.33. The minimum Gasteiger partial charge on any atom is -0.497 e. The van der Waals surface area contributed by atoms with Crippen molar-refractivity contribution in [1.82, 2.24) is 9.80 Å². The Morgan fingerprint density at radius 3 is 2.63 bits per heavy atom. The molecule has 1 N–H and O–H groups in total. The SMILES string of the molecule is COCC(=O)N1CCCN(C(=O)[C@@H]2CC(=O)Nc3ccc(OC)cc32)CC1. The van der Waals surface area contributed by atoms with Crippen LogP contribution in [0.15, 0.2) is 18.2 Å². The van der Waals surface area contributed by atoms with Crippen molar-refractivity contribution in [2.24, 2.45) is 0 Å². The first-order chi connectivity index (χ1) is 13.0. The van der Waals surface area contributed by atoms with Gasteiger partial charge in [0.15, 0.2) is 0 Å². The molecule has 0 unspecified atom stereocenters. The van der Waals surface area contributed by atoms with E-state index in [-0.39, 0.29) is 30.7 Å². The summed E-state index contributed by atoms with van der Waals surface area (Å²) in [4.78, 5) is 40.8. The first-order valence-corrected chi connectivity index (χ1v) is 9.06. The maximum Gasteiger partial charge on any atom is 0.248 e. The number of nitrogens with one attached hydrogen (secondary N) is 1. The number of rotatable bonds is 4. The van der Waals surface area contributed by atoms with Crippen molar-refractivity contribution in [1.29, 1.82) is 0 Å². The predicted octanol–water partition coefficient (Wildman–Crippen LogP) is 0.828. The van der Waals surface area contributed by atoms with Gasteiger partial charge in [-0.3, -0.25) is 14.4 Å². The van der Waals surface area contributed by atoms with E-state index in [0.717, 1.165) is 5.56 Å². The summed E-state index contributed by atoms with van der Waals surface area (Å²) in [5.41, 5.74) is 1.42. The topological polar surface area (TPSA) is 88.2 Å². The van der Waals surface area contributed by atoms with Crippen molar-refractivity contribution in [2.75, 3.05) is 52.3 Å². The highest BCUT2D eigenvalue weighted by Crippen LogP contribution is 2.36. The van der Waals surface area contributed by atoms with Gasteiger partial charge in [-0.25, -0.2) is 0 Å². The average Bonchev–Trinajstić information content (AvgIpc) is 2.93. The van der Waals surface area contributed by atoms with Crippen LogP contribution in [0.2, 0.25) is 0 Å². The largest absolute Gasteiger partial charge is 0.497 e. The molecule has 2 heterocycles. The van der Waals surface area contributed by atoms with Gasteiger partial charge in [0.2, 0.25) is 17.7 Å². The van der Waals surface area contributed by atoms with Crippen LogP contribution in [-0.4, -0.2) is 74.5 Å². The number of carbonyl (C=O) groups excluding carboxylic acids is 3. The molecule has 8 heteroatoms. The molecular formula is C19H25N3O5. The van der Waals surface area contributed by atoms with Crippen LogP contribution in [-0.2, 0) is 19.1 Å². The third-order valence-electron chi connectivity index (χ3n) is 5.02. The van der Waals surface area contributed by atoms with Gasteiger partial charge in [0.25, 0.3) is 0 Å². The van der Waals surface area contributed by atoms with Crippen LogP contribution >= 0.6 is 0 Å². The number of hydrogen-bond acceptors (Lipinski definition) is 5. The van der Waals surface area contributed by atoms with Crippen molar-refractivity contribution < 1.29 is 23.9 Å². The molecule has 2 aliphatic heterocycles. The number of benzene rings is 1. The molecule has 146 valence electrons. The molecule has 0 saturated carbocycles. The molecule has 0 radical (unpaired) electrons. The number of methoxy groups -OCH3 is 2. The third-order valence-corrected chi connectivity index (χ3v) is 5.02. The van der Waals surface area contributed by atoms with E-state index < -0.39 is 5.92 Å². The number of hydrogen-bond donors (Lipinski definition) is 1. The molecule has 2 aliphatic rings. The van der Waals surface area contributed by atoms with Crippen LogP contribution < -0.4 is 10.1 Å². The van der Waals surface area contributed by atoms with Gasteiger partial charge in [-0.1, -0.05) is 0 Å². The van der Waals surface area contributed by atoms with Gasteiger partial charge >= 0.3 is 0 Å². The van der Waals surface area contributed by atoms with Crippen molar-refractivity contribution in [3.05, 3.63) is 23.8 Å². The second-order valence-electron chi connectivity index (χ2n) is 6.75. The lowest BCUT2D eigenvalue weighted by molar-refractivity contribution is -0.137. The standard InChI is InChI=1S/C19H25N3O5/c1-26-12-18(24)21-6-3-7-22(9-8-21)19(25)15-11-17(23)20-16-5-4-13(27-2)10-14(15)16/h4-5,10,15H,3,6-9,11-12H2,1-2H3,(H,20,23)/t15-/m1/s1. The summed E-state index contributed by atoms with van der Waals surface area (Å²) in [6.07, 6.45) is 0.812. The monoisotopic (exact) mass is 375 g/mol. The Bertz CT molecular complexity index is 736. The lowest BCUT2D eigenvalue weighted by Crippen LogP contribution is -2.41. The molecule has 8 nitrogen and oxygen atoms in total. The number of fused-ring (bicyclic) bond motifs is 1. The fourth-order valence-electron chi connectivity index (χ4n) is 3.61. The fourth-order valence-corrected chi connectivity index (χ4v) is 3.61. The predicted molar refractivity (Wildman–Crippen MR) is 98.6 cm³/mol. The summed E-state index contributed by atoms with van der Waals surface area (Å²) < 4.78 is 10.2. The number of ether oxygens (including phenoxy) is 2. The molecule has 0 bridgehead atoms. The number of carbonyl (C=O) groups is 3. The van der Waals surface area contributed by atoms with E-state index in [4.69, 9.17) is 9.47 Å². The molecule has 0 aromatic heterocycles. The second kappa shape index (κ2) is 8.39. The molecule has 27 heavy (non-hydrogen) atoms. The van der Waals surface area contributed by atoms with Gasteiger partial charge in [-0.05, 0) is 30.2 Å². The summed E-state index contributed by atoms with van der Waals surface area (Å²) in [5, 5.41) is 2.82. The zero-order valence-electron chi connectivity index (χ0n) is 15.7. The Morgan fingerprint density at radius 1 is 1.15 bits per heavy atom. The minimum atomic E-state index is -0.537. The lowest BCUT2D eigenvalue weighted by Gasteiger charge is -2.30. The van der Waals surface area contributed by atoms with E-state index in [1.807, 2.05) is 6.07 Å². The Labute approximate surface area is 158 Å². The van der Waals surface area contributed by atoms with Gasteiger partial charge in [-0.15, -0.1) is 0 Å². The summed E-state index contributed by atoms with van der Waals surface area (Å²) >= 11 is 0. The molecule has 0 aliphatic carbocycles. The lowest BCUT2D eigenvalue weighted by atomic mass is 9.89. The van der Waals surface area contributed by atoms with Crippen molar-refractivity contribution in [2.45, 2.75) is 18.8 Å². The highest BCUT2D eigenvalue weighted by Gasteiger charge is 2.34. The molecule has 3 rings (SSSR count). The Morgan fingerprint density at radius 2 is 1.89 bits per heavy atom. The van der Waals surface area contributed by atoms with E-state index in [1.54, 1.807) is 29.0 Å². The number of nitrogens with zero attached hydrogens (tertiary/aromatic N) is 2. The molecule has 1 fully saturated rings. The maximum absolute atomic E-state index is 13.2. The first kappa shape index (κ1) is 19.2.